The van der Waals surface area contributed by atoms with E-state index in [1.54, 1.807) is 0 Å². The third-order valence-corrected chi connectivity index (χ3v) is 4.49. The SMILES string of the molecule is CC(C)CNCCc1ccc(CN2CCCCC2C)cc1. The minimum Gasteiger partial charge on any atom is -0.316 e. The Morgan fingerprint density at radius 3 is 2.52 bits per heavy atom. The first-order valence-electron chi connectivity index (χ1n) is 8.67. The summed E-state index contributed by atoms with van der Waals surface area (Å²) in [5, 5.41) is 3.51. The summed E-state index contributed by atoms with van der Waals surface area (Å²) in [6, 6.07) is 10.00. The first-order valence-corrected chi connectivity index (χ1v) is 8.67. The van der Waals surface area contributed by atoms with E-state index < -0.39 is 0 Å². The van der Waals surface area contributed by atoms with Crippen molar-refractivity contribution in [2.75, 3.05) is 19.6 Å². The summed E-state index contributed by atoms with van der Waals surface area (Å²) < 4.78 is 0. The first-order chi connectivity index (χ1) is 10.1. The predicted octanol–water partition coefficient (Wildman–Crippen LogP) is 3.85. The minimum atomic E-state index is 0.735. The van der Waals surface area contributed by atoms with Crippen molar-refractivity contribution in [3.63, 3.8) is 0 Å². The lowest BCUT2D eigenvalue weighted by atomic mass is 10.0. The fraction of sp³-hybridized carbons (Fsp3) is 0.684. The average Bonchev–Trinajstić information content (AvgIpc) is 2.47. The van der Waals surface area contributed by atoms with Gasteiger partial charge < -0.3 is 5.32 Å². The van der Waals surface area contributed by atoms with Gasteiger partial charge in [-0.2, -0.15) is 0 Å². The van der Waals surface area contributed by atoms with Gasteiger partial charge in [0, 0.05) is 12.6 Å². The van der Waals surface area contributed by atoms with Gasteiger partial charge in [-0.3, -0.25) is 4.90 Å². The summed E-state index contributed by atoms with van der Waals surface area (Å²) in [5.74, 6) is 0.735. The molecule has 21 heavy (non-hydrogen) atoms. The van der Waals surface area contributed by atoms with Crippen LogP contribution in [0.4, 0.5) is 0 Å². The largest absolute Gasteiger partial charge is 0.316 e. The van der Waals surface area contributed by atoms with Crippen molar-refractivity contribution in [3.05, 3.63) is 35.4 Å². The molecule has 1 heterocycles. The van der Waals surface area contributed by atoms with Gasteiger partial charge >= 0.3 is 0 Å². The van der Waals surface area contributed by atoms with Gasteiger partial charge in [0.25, 0.3) is 0 Å². The zero-order valence-electron chi connectivity index (χ0n) is 14.1. The zero-order valence-corrected chi connectivity index (χ0v) is 14.1. The normalized spacial score (nSPS) is 20.1. The number of likely N-dealkylation sites (tertiary alicyclic amines) is 1. The van der Waals surface area contributed by atoms with Crippen LogP contribution in [0.15, 0.2) is 24.3 Å². The number of hydrogen-bond acceptors (Lipinski definition) is 2. The molecule has 1 saturated heterocycles. The molecule has 0 saturated carbocycles. The molecule has 118 valence electrons. The Hall–Kier alpha value is -0.860. The quantitative estimate of drug-likeness (QED) is 0.767. The molecule has 0 aliphatic carbocycles. The Labute approximate surface area is 130 Å². The molecular weight excluding hydrogens is 256 g/mol. The molecule has 1 aliphatic rings. The van der Waals surface area contributed by atoms with Gasteiger partial charge in [-0.15, -0.1) is 0 Å². The second-order valence-corrected chi connectivity index (χ2v) is 6.98. The molecule has 0 radical (unpaired) electrons. The summed E-state index contributed by atoms with van der Waals surface area (Å²) in [4.78, 5) is 2.63. The number of hydrogen-bond donors (Lipinski definition) is 1. The van der Waals surface area contributed by atoms with Gasteiger partial charge in [0.05, 0.1) is 0 Å². The van der Waals surface area contributed by atoms with Gasteiger partial charge in [0.15, 0.2) is 0 Å². The molecule has 0 aromatic heterocycles. The van der Waals surface area contributed by atoms with Crippen molar-refractivity contribution in [3.8, 4) is 0 Å². The zero-order chi connectivity index (χ0) is 15.1. The van der Waals surface area contributed by atoms with E-state index in [0.717, 1.165) is 38.0 Å². The lowest BCUT2D eigenvalue weighted by Gasteiger charge is -2.33. The molecule has 1 aromatic rings. The van der Waals surface area contributed by atoms with Crippen LogP contribution in [-0.4, -0.2) is 30.6 Å². The summed E-state index contributed by atoms with van der Waals surface area (Å²) in [5.41, 5.74) is 2.91. The summed E-state index contributed by atoms with van der Waals surface area (Å²) in [6.45, 7) is 11.5. The molecule has 1 aliphatic heterocycles. The van der Waals surface area contributed by atoms with Crippen LogP contribution in [0.1, 0.15) is 51.2 Å². The van der Waals surface area contributed by atoms with E-state index in [4.69, 9.17) is 0 Å². The summed E-state index contributed by atoms with van der Waals surface area (Å²) >= 11 is 0. The molecule has 0 bridgehead atoms. The Balaban J connectivity index is 1.76. The van der Waals surface area contributed by atoms with E-state index in [-0.39, 0.29) is 0 Å². The molecule has 2 rings (SSSR count). The molecule has 0 spiro atoms. The molecule has 1 fully saturated rings. The van der Waals surface area contributed by atoms with Gasteiger partial charge in [0.1, 0.15) is 0 Å². The highest BCUT2D eigenvalue weighted by Gasteiger charge is 2.17. The van der Waals surface area contributed by atoms with E-state index >= 15 is 0 Å². The number of benzene rings is 1. The fourth-order valence-electron chi connectivity index (χ4n) is 3.06. The van der Waals surface area contributed by atoms with Crippen LogP contribution in [0.2, 0.25) is 0 Å². The van der Waals surface area contributed by atoms with E-state index in [2.05, 4.69) is 55.3 Å². The topological polar surface area (TPSA) is 15.3 Å². The Morgan fingerprint density at radius 1 is 1.14 bits per heavy atom. The lowest BCUT2D eigenvalue weighted by molar-refractivity contribution is 0.152. The van der Waals surface area contributed by atoms with E-state index in [9.17, 15) is 0 Å². The van der Waals surface area contributed by atoms with Crippen molar-refractivity contribution in [2.24, 2.45) is 5.92 Å². The first kappa shape index (κ1) is 16.5. The highest BCUT2D eigenvalue weighted by atomic mass is 15.2. The molecule has 0 amide bonds. The molecule has 1 aromatic carbocycles. The lowest BCUT2D eigenvalue weighted by Crippen LogP contribution is -2.36. The van der Waals surface area contributed by atoms with Crippen LogP contribution >= 0.6 is 0 Å². The second kappa shape index (κ2) is 8.55. The fourth-order valence-corrected chi connectivity index (χ4v) is 3.06. The molecule has 1 N–H and O–H groups in total. The van der Waals surface area contributed by atoms with Gasteiger partial charge in [-0.05, 0) is 62.9 Å². The van der Waals surface area contributed by atoms with Crippen LogP contribution in [0.3, 0.4) is 0 Å². The van der Waals surface area contributed by atoms with Gasteiger partial charge in [0.2, 0.25) is 0 Å². The summed E-state index contributed by atoms with van der Waals surface area (Å²) in [7, 11) is 0. The van der Waals surface area contributed by atoms with Crippen molar-refractivity contribution >= 4 is 0 Å². The van der Waals surface area contributed by atoms with Crippen molar-refractivity contribution < 1.29 is 0 Å². The van der Waals surface area contributed by atoms with Crippen LogP contribution in [-0.2, 0) is 13.0 Å². The smallest absolute Gasteiger partial charge is 0.0236 e. The molecule has 2 nitrogen and oxygen atoms in total. The van der Waals surface area contributed by atoms with Crippen LogP contribution in [0.25, 0.3) is 0 Å². The average molecular weight is 288 g/mol. The van der Waals surface area contributed by atoms with Crippen molar-refractivity contribution in [1.82, 2.24) is 10.2 Å². The van der Waals surface area contributed by atoms with E-state index in [1.807, 2.05) is 0 Å². The highest BCUT2D eigenvalue weighted by Crippen LogP contribution is 2.19. The predicted molar refractivity (Wildman–Crippen MR) is 91.6 cm³/mol. The van der Waals surface area contributed by atoms with Crippen molar-refractivity contribution in [2.45, 2.75) is 59.0 Å². The van der Waals surface area contributed by atoms with Gasteiger partial charge in [-0.1, -0.05) is 44.5 Å². The summed E-state index contributed by atoms with van der Waals surface area (Å²) in [6.07, 6.45) is 5.26. The molecular formula is C19H32N2. The van der Waals surface area contributed by atoms with Crippen LogP contribution in [0, 0.1) is 5.92 Å². The third-order valence-electron chi connectivity index (χ3n) is 4.49. The Bertz CT molecular complexity index is 397. The highest BCUT2D eigenvalue weighted by molar-refractivity contribution is 5.22. The molecule has 2 heteroatoms. The third kappa shape index (κ3) is 5.80. The van der Waals surface area contributed by atoms with Crippen LogP contribution in [0.5, 0.6) is 0 Å². The maximum Gasteiger partial charge on any atom is 0.0236 e. The monoisotopic (exact) mass is 288 g/mol. The number of piperidine rings is 1. The minimum absolute atomic E-state index is 0.735. The molecule has 1 unspecified atom stereocenters. The van der Waals surface area contributed by atoms with E-state index in [0.29, 0.717) is 0 Å². The number of rotatable bonds is 7. The second-order valence-electron chi connectivity index (χ2n) is 6.98. The Kier molecular flexibility index (Phi) is 6.72. The maximum atomic E-state index is 3.51. The van der Waals surface area contributed by atoms with Crippen LogP contribution < -0.4 is 5.32 Å². The van der Waals surface area contributed by atoms with Gasteiger partial charge in [-0.25, -0.2) is 0 Å². The Morgan fingerprint density at radius 2 is 1.86 bits per heavy atom. The number of nitrogens with one attached hydrogen (secondary N) is 1. The number of nitrogens with zero attached hydrogens (tertiary/aromatic N) is 1. The maximum absolute atomic E-state index is 3.51. The molecule has 1 atom stereocenters. The standard InChI is InChI=1S/C19H32N2/c1-16(2)14-20-12-11-18-7-9-19(10-8-18)15-21-13-5-4-6-17(21)3/h7-10,16-17,20H,4-6,11-15H2,1-3H3. The van der Waals surface area contributed by atoms with Crippen molar-refractivity contribution in [1.29, 1.82) is 0 Å². The van der Waals surface area contributed by atoms with E-state index in [1.165, 1.54) is 36.9 Å².